The Balaban J connectivity index is 2.12. The molecule has 1 atom stereocenters. The highest BCUT2D eigenvalue weighted by Gasteiger charge is 2.25. The van der Waals surface area contributed by atoms with Crippen LogP contribution in [-0.4, -0.2) is 29.2 Å². The van der Waals surface area contributed by atoms with E-state index >= 15 is 0 Å². The Hall–Kier alpha value is -1.65. The number of primary amides is 1. The fourth-order valence-electron chi connectivity index (χ4n) is 2.31. The molecule has 19 heavy (non-hydrogen) atoms. The van der Waals surface area contributed by atoms with Crippen molar-refractivity contribution in [1.29, 1.82) is 0 Å². The summed E-state index contributed by atoms with van der Waals surface area (Å²) >= 11 is 0. The molecule has 0 radical (unpaired) electrons. The number of carbonyl (C=O) groups is 1. The van der Waals surface area contributed by atoms with Gasteiger partial charge in [-0.1, -0.05) is 20.8 Å². The number of carbonyl (C=O) groups excluding carboxylic acids is 1. The van der Waals surface area contributed by atoms with E-state index in [0.29, 0.717) is 6.54 Å². The van der Waals surface area contributed by atoms with E-state index in [1.54, 1.807) is 0 Å². The van der Waals surface area contributed by atoms with E-state index in [9.17, 15) is 4.79 Å². The average Bonchev–Trinajstić information content (AvgIpc) is 2.38. The minimum absolute atomic E-state index is 0.00316. The number of nitrogens with two attached hydrogens (primary N) is 1. The maximum Gasteiger partial charge on any atom is 0.222 e. The Kier molecular flexibility index (Phi) is 3.73. The van der Waals surface area contributed by atoms with Crippen LogP contribution in [0.3, 0.4) is 0 Å². The van der Waals surface area contributed by atoms with E-state index < -0.39 is 0 Å². The van der Waals surface area contributed by atoms with Crippen LogP contribution >= 0.6 is 0 Å². The topological polar surface area (TPSA) is 72.1 Å². The van der Waals surface area contributed by atoms with Crippen LogP contribution in [0.2, 0.25) is 0 Å². The molecule has 0 aliphatic carbocycles. The minimum atomic E-state index is -0.219. The van der Waals surface area contributed by atoms with Gasteiger partial charge in [-0.05, 0) is 25.0 Å². The molecular formula is C14H22N4O. The molecule has 5 nitrogen and oxygen atoms in total. The van der Waals surface area contributed by atoms with Crippen LogP contribution in [-0.2, 0) is 10.2 Å². The normalized spacial score (nSPS) is 20.4. The van der Waals surface area contributed by atoms with Crippen LogP contribution in [0.1, 0.15) is 39.3 Å². The maximum atomic E-state index is 11.3. The molecule has 1 fully saturated rings. The van der Waals surface area contributed by atoms with Crippen LogP contribution in [0.5, 0.6) is 0 Å². The van der Waals surface area contributed by atoms with Gasteiger partial charge in [0.25, 0.3) is 0 Å². The number of aromatic nitrogens is 2. The molecule has 104 valence electrons. The van der Waals surface area contributed by atoms with Gasteiger partial charge in [0.1, 0.15) is 0 Å². The lowest BCUT2D eigenvalue weighted by Gasteiger charge is -2.32. The third-order valence-corrected chi connectivity index (χ3v) is 3.57. The van der Waals surface area contributed by atoms with Gasteiger partial charge in [-0.2, -0.15) is 5.10 Å². The summed E-state index contributed by atoms with van der Waals surface area (Å²) in [5.41, 5.74) is 6.36. The highest BCUT2D eigenvalue weighted by Crippen LogP contribution is 2.23. The molecule has 2 heterocycles. The fourth-order valence-corrected chi connectivity index (χ4v) is 2.31. The monoisotopic (exact) mass is 262 g/mol. The Morgan fingerprint density at radius 3 is 2.63 bits per heavy atom. The lowest BCUT2D eigenvalue weighted by atomic mass is 9.92. The standard InChI is InChI=1S/C14H22N4O/c1-14(2,3)11-6-7-12(17-16-11)18-8-4-5-10(9-18)13(15)19/h6-7,10H,4-5,8-9H2,1-3H3,(H2,15,19). The number of hydrogen-bond donors (Lipinski definition) is 1. The molecule has 1 unspecified atom stereocenters. The number of piperidine rings is 1. The van der Waals surface area contributed by atoms with Gasteiger partial charge >= 0.3 is 0 Å². The number of amides is 1. The molecule has 1 aromatic heterocycles. The van der Waals surface area contributed by atoms with E-state index in [0.717, 1.165) is 30.9 Å². The predicted octanol–water partition coefficient (Wildman–Crippen LogP) is 1.48. The van der Waals surface area contributed by atoms with E-state index in [1.807, 2.05) is 12.1 Å². The summed E-state index contributed by atoms with van der Waals surface area (Å²) in [5, 5.41) is 8.57. The van der Waals surface area contributed by atoms with Crippen molar-refractivity contribution in [2.75, 3.05) is 18.0 Å². The number of rotatable bonds is 2. The number of hydrogen-bond acceptors (Lipinski definition) is 4. The molecule has 5 heteroatoms. The van der Waals surface area contributed by atoms with Crippen LogP contribution in [0, 0.1) is 5.92 Å². The van der Waals surface area contributed by atoms with E-state index in [-0.39, 0.29) is 17.2 Å². The molecular weight excluding hydrogens is 240 g/mol. The first-order valence-corrected chi connectivity index (χ1v) is 6.76. The number of nitrogens with zero attached hydrogens (tertiary/aromatic N) is 3. The zero-order valence-electron chi connectivity index (χ0n) is 11.9. The van der Waals surface area contributed by atoms with Gasteiger partial charge in [0.15, 0.2) is 5.82 Å². The smallest absolute Gasteiger partial charge is 0.222 e. The molecule has 2 rings (SSSR count). The highest BCUT2D eigenvalue weighted by molar-refractivity contribution is 5.77. The minimum Gasteiger partial charge on any atom is -0.369 e. The summed E-state index contributed by atoms with van der Waals surface area (Å²) in [4.78, 5) is 13.4. The van der Waals surface area contributed by atoms with Crippen molar-refractivity contribution in [2.24, 2.45) is 11.7 Å². The number of anilines is 1. The van der Waals surface area contributed by atoms with Crippen LogP contribution < -0.4 is 10.6 Å². The van der Waals surface area contributed by atoms with Crippen molar-refractivity contribution in [2.45, 2.75) is 39.0 Å². The Labute approximate surface area is 114 Å². The van der Waals surface area contributed by atoms with Crippen molar-refractivity contribution < 1.29 is 4.79 Å². The summed E-state index contributed by atoms with van der Waals surface area (Å²) in [6, 6.07) is 3.99. The Morgan fingerprint density at radius 2 is 2.11 bits per heavy atom. The van der Waals surface area contributed by atoms with Gasteiger partial charge in [0.2, 0.25) is 5.91 Å². The first-order valence-electron chi connectivity index (χ1n) is 6.76. The quantitative estimate of drug-likeness (QED) is 0.876. The second-order valence-corrected chi connectivity index (χ2v) is 6.21. The van der Waals surface area contributed by atoms with E-state index in [4.69, 9.17) is 5.73 Å². The summed E-state index contributed by atoms with van der Waals surface area (Å²) in [6.45, 7) is 7.90. The molecule has 2 N–H and O–H groups in total. The van der Waals surface area contributed by atoms with Crippen LogP contribution in [0.25, 0.3) is 0 Å². The largest absolute Gasteiger partial charge is 0.369 e. The zero-order chi connectivity index (χ0) is 14.0. The molecule has 1 saturated heterocycles. The van der Waals surface area contributed by atoms with Crippen molar-refractivity contribution >= 4 is 11.7 Å². The molecule has 0 aromatic carbocycles. The van der Waals surface area contributed by atoms with Crippen LogP contribution in [0.15, 0.2) is 12.1 Å². The van der Waals surface area contributed by atoms with E-state index in [1.165, 1.54) is 0 Å². The first-order chi connectivity index (χ1) is 8.88. The third-order valence-electron chi connectivity index (χ3n) is 3.57. The van der Waals surface area contributed by atoms with Gasteiger partial charge in [-0.3, -0.25) is 4.79 Å². The SMILES string of the molecule is CC(C)(C)c1ccc(N2CCCC(C(N)=O)C2)nn1. The van der Waals surface area contributed by atoms with Gasteiger partial charge in [0.05, 0.1) is 11.6 Å². The van der Waals surface area contributed by atoms with Crippen molar-refractivity contribution in [3.8, 4) is 0 Å². The van der Waals surface area contributed by atoms with Gasteiger partial charge in [-0.25, -0.2) is 0 Å². The molecule has 1 aromatic rings. The van der Waals surface area contributed by atoms with Gasteiger partial charge in [0, 0.05) is 18.5 Å². The Morgan fingerprint density at radius 1 is 1.37 bits per heavy atom. The van der Waals surface area contributed by atoms with Gasteiger partial charge < -0.3 is 10.6 Å². The summed E-state index contributed by atoms with van der Waals surface area (Å²) < 4.78 is 0. The molecule has 1 aliphatic rings. The molecule has 0 spiro atoms. The van der Waals surface area contributed by atoms with Gasteiger partial charge in [-0.15, -0.1) is 5.10 Å². The highest BCUT2D eigenvalue weighted by atomic mass is 16.1. The summed E-state index contributed by atoms with van der Waals surface area (Å²) in [5.74, 6) is 0.542. The zero-order valence-corrected chi connectivity index (χ0v) is 11.9. The summed E-state index contributed by atoms with van der Waals surface area (Å²) in [6.07, 6.45) is 1.84. The van der Waals surface area contributed by atoms with Crippen molar-refractivity contribution in [3.05, 3.63) is 17.8 Å². The van der Waals surface area contributed by atoms with Crippen molar-refractivity contribution in [3.63, 3.8) is 0 Å². The lowest BCUT2D eigenvalue weighted by Crippen LogP contribution is -2.41. The molecule has 1 aliphatic heterocycles. The third kappa shape index (κ3) is 3.22. The molecule has 0 saturated carbocycles. The van der Waals surface area contributed by atoms with E-state index in [2.05, 4.69) is 35.9 Å². The molecule has 0 bridgehead atoms. The first kappa shape index (κ1) is 13.8. The Bertz CT molecular complexity index is 450. The summed E-state index contributed by atoms with van der Waals surface area (Å²) in [7, 11) is 0. The predicted molar refractivity (Wildman–Crippen MR) is 74.9 cm³/mol. The second-order valence-electron chi connectivity index (χ2n) is 6.21. The maximum absolute atomic E-state index is 11.3. The van der Waals surface area contributed by atoms with Crippen LogP contribution in [0.4, 0.5) is 5.82 Å². The fraction of sp³-hybridized carbons (Fsp3) is 0.643. The van der Waals surface area contributed by atoms with Crippen molar-refractivity contribution in [1.82, 2.24) is 10.2 Å². The molecule has 1 amide bonds. The average molecular weight is 262 g/mol. The lowest BCUT2D eigenvalue weighted by molar-refractivity contribution is -0.122. The second kappa shape index (κ2) is 5.15.